The zero-order valence-electron chi connectivity index (χ0n) is 10.7. The Bertz CT molecular complexity index is 414. The molecule has 1 atom stereocenters. The van der Waals surface area contributed by atoms with Crippen LogP contribution in [0.3, 0.4) is 0 Å². The third-order valence-corrected chi connectivity index (χ3v) is 3.94. The van der Waals surface area contributed by atoms with Crippen LogP contribution in [0.25, 0.3) is 0 Å². The van der Waals surface area contributed by atoms with Gasteiger partial charge in [0.1, 0.15) is 11.4 Å². The molecule has 100 valence electrons. The van der Waals surface area contributed by atoms with Gasteiger partial charge >= 0.3 is 0 Å². The van der Waals surface area contributed by atoms with Crippen LogP contribution >= 0.6 is 11.8 Å². The largest absolute Gasteiger partial charge is 0.368 e. The van der Waals surface area contributed by atoms with Crippen LogP contribution in [0.5, 0.6) is 0 Å². The lowest BCUT2D eigenvalue weighted by molar-refractivity contribution is -0.122. The fourth-order valence-corrected chi connectivity index (χ4v) is 2.46. The number of amides is 1. The molecule has 0 aromatic heterocycles. The third kappa shape index (κ3) is 4.31. The minimum atomic E-state index is -0.771. The van der Waals surface area contributed by atoms with Crippen molar-refractivity contribution in [2.75, 3.05) is 12.3 Å². The first-order valence-electron chi connectivity index (χ1n) is 5.91. The van der Waals surface area contributed by atoms with Gasteiger partial charge < -0.3 is 11.1 Å². The molecule has 1 aromatic rings. The summed E-state index contributed by atoms with van der Waals surface area (Å²) in [6.07, 6.45) is 0.924. The van der Waals surface area contributed by atoms with Crippen molar-refractivity contribution in [3.8, 4) is 0 Å². The van der Waals surface area contributed by atoms with E-state index in [2.05, 4.69) is 5.32 Å². The fourth-order valence-electron chi connectivity index (χ4n) is 1.39. The second-order valence-electron chi connectivity index (χ2n) is 4.37. The van der Waals surface area contributed by atoms with Gasteiger partial charge in [-0.3, -0.25) is 4.79 Å². The summed E-state index contributed by atoms with van der Waals surface area (Å²) in [6, 6.07) is 6.31. The highest BCUT2D eigenvalue weighted by Gasteiger charge is 2.30. The van der Waals surface area contributed by atoms with E-state index in [0.717, 1.165) is 17.9 Å². The molecule has 1 unspecified atom stereocenters. The van der Waals surface area contributed by atoms with Crippen molar-refractivity contribution in [2.24, 2.45) is 5.73 Å². The summed E-state index contributed by atoms with van der Waals surface area (Å²) in [5.74, 6) is -0.187. The lowest BCUT2D eigenvalue weighted by Gasteiger charge is -2.27. The highest BCUT2D eigenvalue weighted by molar-refractivity contribution is 7.99. The Morgan fingerprint density at radius 1 is 1.56 bits per heavy atom. The monoisotopic (exact) mass is 270 g/mol. The average molecular weight is 270 g/mol. The first-order chi connectivity index (χ1) is 8.48. The van der Waals surface area contributed by atoms with Gasteiger partial charge in [0.2, 0.25) is 5.91 Å². The molecule has 0 saturated carbocycles. The molecule has 1 rings (SSSR count). The van der Waals surface area contributed by atoms with Crippen LogP contribution in [0.4, 0.5) is 4.39 Å². The maximum Gasteiger partial charge on any atom is 0.238 e. The van der Waals surface area contributed by atoms with Crippen LogP contribution in [0.1, 0.15) is 20.3 Å². The van der Waals surface area contributed by atoms with Gasteiger partial charge in [-0.1, -0.05) is 13.0 Å². The molecular formula is C13H19FN2OS. The summed E-state index contributed by atoms with van der Waals surface area (Å²) in [4.78, 5) is 12.3. The van der Waals surface area contributed by atoms with E-state index in [-0.39, 0.29) is 11.7 Å². The topological polar surface area (TPSA) is 55.1 Å². The molecule has 1 amide bonds. The predicted molar refractivity (Wildman–Crippen MR) is 73.0 cm³/mol. The number of primary amides is 1. The molecule has 1 aromatic carbocycles. The van der Waals surface area contributed by atoms with E-state index in [1.165, 1.54) is 23.9 Å². The zero-order chi connectivity index (χ0) is 13.6. The van der Waals surface area contributed by atoms with Crippen molar-refractivity contribution in [3.05, 3.63) is 30.1 Å². The summed E-state index contributed by atoms with van der Waals surface area (Å²) in [7, 11) is 0. The molecule has 0 aliphatic carbocycles. The fraction of sp³-hybridized carbons (Fsp3) is 0.462. The van der Waals surface area contributed by atoms with Crippen LogP contribution in [0, 0.1) is 5.82 Å². The van der Waals surface area contributed by atoms with Gasteiger partial charge in [-0.2, -0.15) is 0 Å². The first kappa shape index (κ1) is 15.0. The minimum Gasteiger partial charge on any atom is -0.368 e. The van der Waals surface area contributed by atoms with Crippen molar-refractivity contribution in [1.29, 1.82) is 0 Å². The molecule has 18 heavy (non-hydrogen) atoms. The van der Waals surface area contributed by atoms with Crippen molar-refractivity contribution >= 4 is 17.7 Å². The Morgan fingerprint density at radius 3 is 2.83 bits per heavy atom. The van der Waals surface area contributed by atoms with E-state index in [9.17, 15) is 9.18 Å². The van der Waals surface area contributed by atoms with Gasteiger partial charge in [-0.05, 0) is 38.1 Å². The Morgan fingerprint density at radius 2 is 2.28 bits per heavy atom. The van der Waals surface area contributed by atoms with E-state index in [1.807, 2.05) is 13.0 Å². The van der Waals surface area contributed by atoms with E-state index < -0.39 is 5.54 Å². The van der Waals surface area contributed by atoms with Crippen molar-refractivity contribution < 1.29 is 9.18 Å². The molecule has 0 spiro atoms. The normalized spacial score (nSPS) is 14.2. The number of carbonyl (C=O) groups excluding carboxylic acids is 1. The average Bonchev–Trinajstić information content (AvgIpc) is 2.34. The number of hydrogen-bond acceptors (Lipinski definition) is 3. The second-order valence-corrected chi connectivity index (χ2v) is 5.42. The van der Waals surface area contributed by atoms with Gasteiger partial charge in [-0.25, -0.2) is 4.39 Å². The van der Waals surface area contributed by atoms with Gasteiger partial charge in [0.15, 0.2) is 0 Å². The number of thioether (sulfide) groups is 1. The van der Waals surface area contributed by atoms with Gasteiger partial charge in [0.25, 0.3) is 0 Å². The van der Waals surface area contributed by atoms with E-state index in [4.69, 9.17) is 5.73 Å². The Kier molecular flexibility index (Phi) is 5.62. The van der Waals surface area contributed by atoms with Crippen LogP contribution in [0.2, 0.25) is 0 Å². The van der Waals surface area contributed by atoms with Crippen LogP contribution in [-0.2, 0) is 4.79 Å². The van der Waals surface area contributed by atoms with Gasteiger partial charge in [-0.15, -0.1) is 11.8 Å². The maximum absolute atomic E-state index is 13.0. The summed E-state index contributed by atoms with van der Waals surface area (Å²) >= 11 is 1.42. The number of halogens is 1. The number of carbonyl (C=O) groups is 1. The molecule has 0 heterocycles. The molecule has 0 saturated heterocycles. The number of nitrogens with one attached hydrogen (secondary N) is 1. The quantitative estimate of drug-likeness (QED) is 0.747. The Labute approximate surface area is 111 Å². The Balaban J connectivity index is 2.65. The van der Waals surface area contributed by atoms with E-state index in [0.29, 0.717) is 5.75 Å². The minimum absolute atomic E-state index is 0.276. The molecule has 3 N–H and O–H groups in total. The second kappa shape index (κ2) is 6.75. The molecule has 5 heteroatoms. The van der Waals surface area contributed by atoms with E-state index >= 15 is 0 Å². The van der Waals surface area contributed by atoms with Crippen LogP contribution in [-0.4, -0.2) is 23.7 Å². The highest BCUT2D eigenvalue weighted by Crippen LogP contribution is 2.23. The molecule has 0 fully saturated rings. The summed E-state index contributed by atoms with van der Waals surface area (Å²) in [6.45, 7) is 4.52. The van der Waals surface area contributed by atoms with Crippen molar-refractivity contribution in [2.45, 2.75) is 30.7 Å². The van der Waals surface area contributed by atoms with Crippen molar-refractivity contribution in [1.82, 2.24) is 5.32 Å². The number of nitrogens with two attached hydrogens (primary N) is 1. The highest BCUT2D eigenvalue weighted by atomic mass is 32.2. The molecular weight excluding hydrogens is 251 g/mol. The molecule has 0 bridgehead atoms. The molecule has 3 nitrogen and oxygen atoms in total. The predicted octanol–water partition coefficient (Wildman–Crippen LogP) is 2.16. The van der Waals surface area contributed by atoms with Crippen molar-refractivity contribution in [3.63, 3.8) is 0 Å². The Hall–Kier alpha value is -1.07. The SMILES string of the molecule is CCCNC(C)(CSc1cccc(F)c1)C(N)=O. The van der Waals surface area contributed by atoms with E-state index in [1.54, 1.807) is 13.0 Å². The number of benzene rings is 1. The lowest BCUT2D eigenvalue weighted by Crippen LogP contribution is -2.55. The third-order valence-electron chi connectivity index (χ3n) is 2.63. The first-order valence-corrected chi connectivity index (χ1v) is 6.90. The summed E-state index contributed by atoms with van der Waals surface area (Å²) in [5, 5.41) is 3.14. The van der Waals surface area contributed by atoms with Crippen LogP contribution < -0.4 is 11.1 Å². The standard InChI is InChI=1S/C13H19FN2OS/c1-3-7-16-13(2,12(15)17)9-18-11-6-4-5-10(14)8-11/h4-6,8,16H,3,7,9H2,1-2H3,(H2,15,17). The lowest BCUT2D eigenvalue weighted by atomic mass is 10.1. The van der Waals surface area contributed by atoms with Gasteiger partial charge in [0, 0.05) is 10.6 Å². The summed E-state index contributed by atoms with van der Waals surface area (Å²) < 4.78 is 13.0. The summed E-state index contributed by atoms with van der Waals surface area (Å²) in [5.41, 5.74) is 4.65. The van der Waals surface area contributed by atoms with Gasteiger partial charge in [0.05, 0.1) is 0 Å². The molecule has 0 radical (unpaired) electrons. The smallest absolute Gasteiger partial charge is 0.238 e. The number of hydrogen-bond donors (Lipinski definition) is 2. The maximum atomic E-state index is 13.0. The molecule has 0 aliphatic heterocycles. The number of rotatable bonds is 7. The van der Waals surface area contributed by atoms with Crippen LogP contribution in [0.15, 0.2) is 29.2 Å². The molecule has 0 aliphatic rings. The zero-order valence-corrected chi connectivity index (χ0v) is 11.5.